The zero-order valence-corrected chi connectivity index (χ0v) is 55.7. The quantitative estimate of drug-likeness (QED) is 0.163. The Morgan fingerprint density at radius 2 is 0.581 bits per heavy atom. The Kier molecular flexibility index (Phi) is 19.8. The van der Waals surface area contributed by atoms with E-state index in [4.69, 9.17) is 0 Å². The van der Waals surface area contributed by atoms with E-state index < -0.39 is 56.5 Å². The topological polar surface area (TPSA) is 0 Å². The van der Waals surface area contributed by atoms with E-state index in [1.165, 1.54) is 11.1 Å². The Morgan fingerprint density at radius 3 is 0.742 bits per heavy atom. The summed E-state index contributed by atoms with van der Waals surface area (Å²) in [5.41, 5.74) is 13.8. The first-order valence-corrected chi connectivity index (χ1v) is 45.5. The van der Waals surface area contributed by atoms with E-state index in [0.717, 1.165) is 0 Å². The van der Waals surface area contributed by atoms with Gasteiger partial charge in [0.25, 0.3) is 0 Å². The maximum absolute atomic E-state index is 4.48. The van der Waals surface area contributed by atoms with Gasteiger partial charge < -0.3 is 37.2 Å². The molecular weight excluding hydrogens is 963 g/mol. The Labute approximate surface area is 424 Å². The van der Waals surface area contributed by atoms with E-state index in [2.05, 4.69) is 211 Å². The standard InChI is InChI=1S/C51H87Si7.3ClH.Ti/c1-33-29-42(38(6)48(55(20,21)22)45(33)52(11,12)13)58(51(10)32-36(4)37(5)41(51)9,43-30-34(2)46(53(14,15)16)49(39(43)7)56(23,24)25)44-31-35(3)47(54(17,18)19)50(40(44)8)57(26,27)28;;;;/h29-31H,1-28H3;3*1H;/q-1;;;;+4/p-3. The summed E-state index contributed by atoms with van der Waals surface area (Å²) in [5.74, 6) is 0. The number of hydrogen-bond acceptors (Lipinski definition) is 0. The fourth-order valence-corrected chi connectivity index (χ4v) is 39.8. The largest absolute Gasteiger partial charge is 4.00 e. The predicted molar refractivity (Wildman–Crippen MR) is 289 cm³/mol. The van der Waals surface area contributed by atoms with Gasteiger partial charge in [-0.15, -0.1) is 6.92 Å². The van der Waals surface area contributed by atoms with Crippen LogP contribution in [0.4, 0.5) is 0 Å². The van der Waals surface area contributed by atoms with Gasteiger partial charge in [-0.2, -0.15) is 11.1 Å². The molecule has 0 aromatic heterocycles. The van der Waals surface area contributed by atoms with Crippen LogP contribution in [0.5, 0.6) is 0 Å². The summed E-state index contributed by atoms with van der Waals surface area (Å²) in [6.45, 7) is 72.4. The van der Waals surface area contributed by atoms with Crippen molar-refractivity contribution in [3.8, 4) is 0 Å². The van der Waals surface area contributed by atoms with Crippen LogP contribution in [0.1, 0.15) is 61.1 Å². The number of allylic oxidation sites excluding steroid dienone is 4. The van der Waals surface area contributed by atoms with Crippen LogP contribution >= 0.6 is 0 Å². The molecule has 1 atom stereocenters. The molecule has 1 unspecified atom stereocenters. The van der Waals surface area contributed by atoms with E-state index in [9.17, 15) is 0 Å². The molecule has 0 saturated heterocycles. The van der Waals surface area contributed by atoms with Crippen molar-refractivity contribution in [3.63, 3.8) is 0 Å². The Balaban J connectivity index is 0.00000930. The van der Waals surface area contributed by atoms with Crippen LogP contribution in [0.2, 0.25) is 123 Å². The zero-order chi connectivity index (χ0) is 45.2. The molecule has 0 radical (unpaired) electrons. The van der Waals surface area contributed by atoms with E-state index in [-0.39, 0.29) is 64.0 Å². The van der Waals surface area contributed by atoms with Gasteiger partial charge in [0.15, 0.2) is 0 Å². The van der Waals surface area contributed by atoms with E-state index in [1.807, 2.05) is 0 Å². The van der Waals surface area contributed by atoms with Crippen molar-refractivity contribution < 1.29 is 58.9 Å². The van der Waals surface area contributed by atoms with Gasteiger partial charge in [-0.3, -0.25) is 6.08 Å². The zero-order valence-electron chi connectivity index (χ0n) is 44.9. The van der Waals surface area contributed by atoms with Crippen molar-refractivity contribution in [1.82, 2.24) is 0 Å². The minimum absolute atomic E-state index is 0. The van der Waals surface area contributed by atoms with Crippen LogP contribution in [-0.2, 0) is 21.7 Å². The molecule has 11 heteroatoms. The predicted octanol–water partition coefficient (Wildman–Crippen LogP) is 1.15. The van der Waals surface area contributed by atoms with E-state index in [0.29, 0.717) is 0 Å². The van der Waals surface area contributed by atoms with Gasteiger partial charge in [-0.1, -0.05) is 226 Å². The Morgan fingerprint density at radius 1 is 0.371 bits per heavy atom. The summed E-state index contributed by atoms with van der Waals surface area (Å²) in [7, 11) is -13.8. The van der Waals surface area contributed by atoms with Crippen LogP contribution < -0.4 is 83.9 Å². The first kappa shape index (κ1) is 62.2. The first-order chi connectivity index (χ1) is 25.7. The van der Waals surface area contributed by atoms with Gasteiger partial charge in [-0.25, -0.2) is 5.57 Å². The van der Waals surface area contributed by atoms with Crippen molar-refractivity contribution in [1.29, 1.82) is 0 Å². The minimum Gasteiger partial charge on any atom is -1.00 e. The molecule has 0 fully saturated rings. The molecule has 0 bridgehead atoms. The van der Waals surface area contributed by atoms with Crippen molar-refractivity contribution in [3.05, 3.63) is 74.4 Å². The molecule has 0 N–H and O–H groups in total. The van der Waals surface area contributed by atoms with Crippen LogP contribution in [0, 0.1) is 47.6 Å². The van der Waals surface area contributed by atoms with Gasteiger partial charge >= 0.3 is 21.7 Å². The molecule has 0 aliphatic heterocycles. The SMILES string of the molecule is CC1=[C-]C(C)([Si](c2cc(C)c([Si](C)(C)C)c([Si](C)(C)C)c2C)(c2cc(C)c([Si](C)(C)C)c([Si](C)(C)C)c2C)c2cc(C)c([Si](C)(C)C)c([Si](C)(C)C)c2C)C(C)=C1C.[Cl-].[Cl-].[Cl-].[Ti+4]. The third-order valence-corrected chi connectivity index (χ3v) is 33.7. The van der Waals surface area contributed by atoms with Gasteiger partial charge in [0.2, 0.25) is 0 Å². The van der Waals surface area contributed by atoms with Gasteiger partial charge in [0, 0.05) is 0 Å². The van der Waals surface area contributed by atoms with Gasteiger partial charge in [0.1, 0.15) is 8.07 Å². The van der Waals surface area contributed by atoms with E-state index in [1.54, 1.807) is 85.6 Å². The van der Waals surface area contributed by atoms with Crippen molar-refractivity contribution in [2.24, 2.45) is 0 Å². The molecule has 0 nitrogen and oxygen atoms in total. The molecule has 0 saturated carbocycles. The molecule has 3 aromatic carbocycles. The molecule has 344 valence electrons. The Bertz CT molecular complexity index is 2040. The average molecular weight is 1050 g/mol. The number of aryl methyl sites for hydroxylation is 3. The van der Waals surface area contributed by atoms with E-state index >= 15 is 0 Å². The van der Waals surface area contributed by atoms with Crippen molar-refractivity contribution >= 4 is 103 Å². The smallest absolute Gasteiger partial charge is 1.00 e. The fraction of sp³-hybridized carbons (Fsp3) is 0.569. The second kappa shape index (κ2) is 19.7. The molecule has 1 aliphatic rings. The van der Waals surface area contributed by atoms with Crippen molar-refractivity contribution in [2.75, 3.05) is 0 Å². The van der Waals surface area contributed by atoms with Crippen LogP contribution in [-0.4, -0.2) is 56.5 Å². The summed E-state index contributed by atoms with van der Waals surface area (Å²) < 4.78 is 0. The summed E-state index contributed by atoms with van der Waals surface area (Å²) in [4.78, 5) is 0. The molecule has 0 heterocycles. The van der Waals surface area contributed by atoms with Gasteiger partial charge in [-0.05, 0) is 57.1 Å². The summed E-state index contributed by atoms with van der Waals surface area (Å²) in [5, 5.41) is 15.2. The second-order valence-corrected chi connectivity index (χ2v) is 59.3. The maximum atomic E-state index is 4.48. The van der Waals surface area contributed by atoms with Crippen LogP contribution in [0.15, 0.2) is 34.9 Å². The minimum atomic E-state index is -3.14. The fourth-order valence-electron chi connectivity index (χ4n) is 12.5. The number of hydrogen-bond donors (Lipinski definition) is 0. The van der Waals surface area contributed by atoms with Crippen LogP contribution in [0.3, 0.4) is 0 Å². The van der Waals surface area contributed by atoms with Crippen molar-refractivity contribution in [2.45, 2.75) is 192 Å². The molecular formula is C51H87Cl3Si7Ti. The normalized spacial score (nSPS) is 16.6. The third kappa shape index (κ3) is 10.4. The number of halogens is 3. The summed E-state index contributed by atoms with van der Waals surface area (Å²) in [6, 6.07) is 8.44. The molecule has 4 rings (SSSR count). The molecule has 1 aliphatic carbocycles. The first-order valence-electron chi connectivity index (χ1n) is 22.5. The maximum Gasteiger partial charge on any atom is 4.00 e. The average Bonchev–Trinajstić information content (AvgIpc) is 3.20. The number of rotatable bonds is 10. The summed E-state index contributed by atoms with van der Waals surface area (Å²) in [6.07, 6.45) is 4.48. The summed E-state index contributed by atoms with van der Waals surface area (Å²) >= 11 is 0. The Hall–Kier alpha value is 0.242. The van der Waals surface area contributed by atoms with Crippen LogP contribution in [0.25, 0.3) is 0 Å². The second-order valence-electron chi connectivity index (χ2n) is 25.2. The number of benzene rings is 3. The third-order valence-electron chi connectivity index (χ3n) is 14.1. The van der Waals surface area contributed by atoms with Gasteiger partial charge in [0.05, 0.1) is 48.4 Å². The molecule has 0 amide bonds. The molecule has 62 heavy (non-hydrogen) atoms. The molecule has 0 spiro atoms. The monoisotopic (exact) mass is 1050 g/mol. The molecule has 3 aromatic rings.